The minimum atomic E-state index is -1.47. The summed E-state index contributed by atoms with van der Waals surface area (Å²) in [5.41, 5.74) is 0.600. The minimum Gasteiger partial charge on any atom is -0.481 e. The lowest BCUT2D eigenvalue weighted by molar-refractivity contribution is -0.145. The van der Waals surface area contributed by atoms with Gasteiger partial charge in [0, 0.05) is 6.20 Å². The number of aromatic nitrogens is 1. The number of hydrogen-bond acceptors (Lipinski definition) is 4. The van der Waals surface area contributed by atoms with E-state index in [1.54, 1.807) is 24.4 Å². The van der Waals surface area contributed by atoms with Crippen molar-refractivity contribution in [3.05, 3.63) is 30.1 Å². The van der Waals surface area contributed by atoms with Crippen LogP contribution < -0.4 is 10.6 Å². The summed E-state index contributed by atoms with van der Waals surface area (Å²) in [6, 6.07) is 2.91. The van der Waals surface area contributed by atoms with Gasteiger partial charge in [0.1, 0.15) is 6.04 Å². The highest BCUT2D eigenvalue weighted by molar-refractivity contribution is 5.86. The molecule has 0 aliphatic heterocycles. The molecule has 0 aromatic carbocycles. The number of aliphatic carboxylic acids is 2. The van der Waals surface area contributed by atoms with Crippen molar-refractivity contribution in [3.63, 3.8) is 0 Å². The second kappa shape index (κ2) is 6.94. The number of nitrogens with zero attached hydrogens (tertiary/aromatic N) is 1. The van der Waals surface area contributed by atoms with Crippen LogP contribution >= 0.6 is 0 Å². The molecule has 102 valence electrons. The van der Waals surface area contributed by atoms with Crippen LogP contribution in [0.2, 0.25) is 0 Å². The maximum absolute atomic E-state index is 11.4. The van der Waals surface area contributed by atoms with E-state index in [1.807, 2.05) is 0 Å². The average Bonchev–Trinajstić information content (AvgIpc) is 2.36. The van der Waals surface area contributed by atoms with Gasteiger partial charge in [-0.1, -0.05) is 6.07 Å². The van der Waals surface area contributed by atoms with Gasteiger partial charge in [0.25, 0.3) is 0 Å². The number of carbonyl (C=O) groups is 3. The molecule has 0 radical (unpaired) electrons. The highest BCUT2D eigenvalue weighted by atomic mass is 16.4. The Morgan fingerprint density at radius 1 is 1.26 bits per heavy atom. The van der Waals surface area contributed by atoms with E-state index in [1.165, 1.54) is 0 Å². The quantitative estimate of drug-likeness (QED) is 0.565. The topological polar surface area (TPSA) is 129 Å². The number of amides is 2. The molecule has 1 aromatic rings. The van der Waals surface area contributed by atoms with Gasteiger partial charge in [0.05, 0.1) is 18.7 Å². The lowest BCUT2D eigenvalue weighted by atomic mass is 10.2. The fourth-order valence-corrected chi connectivity index (χ4v) is 1.26. The first kappa shape index (κ1) is 14.4. The lowest BCUT2D eigenvalue weighted by Gasteiger charge is -2.13. The Bertz CT molecular complexity index is 463. The highest BCUT2D eigenvalue weighted by Crippen LogP contribution is 1.94. The molecule has 1 heterocycles. The molecular formula is C11H13N3O5. The van der Waals surface area contributed by atoms with E-state index >= 15 is 0 Å². The Kier molecular flexibility index (Phi) is 5.27. The van der Waals surface area contributed by atoms with E-state index in [9.17, 15) is 14.4 Å². The zero-order valence-electron chi connectivity index (χ0n) is 9.87. The summed E-state index contributed by atoms with van der Waals surface area (Å²) < 4.78 is 0. The third-order valence-corrected chi connectivity index (χ3v) is 2.14. The van der Waals surface area contributed by atoms with E-state index in [0.717, 1.165) is 0 Å². The van der Waals surface area contributed by atoms with Gasteiger partial charge in [-0.15, -0.1) is 0 Å². The van der Waals surface area contributed by atoms with Crippen molar-refractivity contribution in [1.29, 1.82) is 0 Å². The largest absolute Gasteiger partial charge is 0.481 e. The molecule has 2 amide bonds. The lowest BCUT2D eigenvalue weighted by Crippen LogP contribution is -2.46. The molecule has 1 atom stereocenters. The van der Waals surface area contributed by atoms with Crippen LogP contribution in [0.3, 0.4) is 0 Å². The van der Waals surface area contributed by atoms with Gasteiger partial charge in [0.2, 0.25) is 0 Å². The predicted octanol–water partition coefficient (Wildman–Crippen LogP) is -0.191. The molecule has 1 rings (SSSR count). The molecule has 0 unspecified atom stereocenters. The molecule has 4 N–H and O–H groups in total. The van der Waals surface area contributed by atoms with Crippen LogP contribution in [0.15, 0.2) is 24.4 Å². The zero-order chi connectivity index (χ0) is 14.3. The van der Waals surface area contributed by atoms with Crippen LogP contribution in [0, 0.1) is 0 Å². The molecule has 1 aromatic heterocycles. The fourth-order valence-electron chi connectivity index (χ4n) is 1.26. The van der Waals surface area contributed by atoms with E-state index < -0.39 is 30.4 Å². The van der Waals surface area contributed by atoms with Crippen LogP contribution in [-0.2, 0) is 16.1 Å². The smallest absolute Gasteiger partial charge is 0.326 e. The van der Waals surface area contributed by atoms with Gasteiger partial charge in [0.15, 0.2) is 0 Å². The zero-order valence-corrected chi connectivity index (χ0v) is 9.87. The summed E-state index contributed by atoms with van der Waals surface area (Å²) in [6.45, 7) is 0.117. The Balaban J connectivity index is 2.45. The van der Waals surface area contributed by atoms with Crippen molar-refractivity contribution in [2.45, 2.75) is 19.0 Å². The molecule has 8 nitrogen and oxygen atoms in total. The molecule has 0 fully saturated rings. The molecule has 0 aliphatic rings. The number of hydrogen-bond donors (Lipinski definition) is 4. The summed E-state index contributed by atoms with van der Waals surface area (Å²) in [5.74, 6) is -2.71. The molecule has 19 heavy (non-hydrogen) atoms. The van der Waals surface area contributed by atoms with Crippen LogP contribution in [0.1, 0.15) is 12.1 Å². The Labute approximate surface area is 108 Å². The van der Waals surface area contributed by atoms with Crippen molar-refractivity contribution < 1.29 is 24.6 Å². The Morgan fingerprint density at radius 2 is 2.00 bits per heavy atom. The van der Waals surface area contributed by atoms with E-state index in [4.69, 9.17) is 10.2 Å². The van der Waals surface area contributed by atoms with Crippen LogP contribution in [0.4, 0.5) is 4.79 Å². The van der Waals surface area contributed by atoms with Gasteiger partial charge in [-0.25, -0.2) is 9.59 Å². The molecule has 0 bridgehead atoms. The Morgan fingerprint density at radius 3 is 2.53 bits per heavy atom. The summed E-state index contributed by atoms with van der Waals surface area (Å²) in [4.78, 5) is 36.5. The first-order chi connectivity index (χ1) is 8.99. The van der Waals surface area contributed by atoms with Gasteiger partial charge in [-0.05, 0) is 12.1 Å². The molecule has 0 saturated heterocycles. The van der Waals surface area contributed by atoms with Crippen molar-refractivity contribution in [1.82, 2.24) is 15.6 Å². The standard InChI is InChI=1S/C11H13N3O5/c15-9(16)5-8(10(17)18)14-11(19)13-6-7-3-1-2-4-12-7/h1-4,8H,5-6H2,(H,15,16)(H,17,18)(H2,13,14,19)/t8-/m1/s1. The van der Waals surface area contributed by atoms with Crippen molar-refractivity contribution in [2.75, 3.05) is 0 Å². The van der Waals surface area contributed by atoms with Gasteiger partial charge in [-0.2, -0.15) is 0 Å². The summed E-state index contributed by atoms with van der Waals surface area (Å²) in [5, 5.41) is 21.7. The SMILES string of the molecule is O=C(O)C[C@@H](NC(=O)NCc1ccccn1)C(=O)O. The van der Waals surface area contributed by atoms with Gasteiger partial charge >= 0.3 is 18.0 Å². The molecule has 0 aliphatic carbocycles. The van der Waals surface area contributed by atoms with Crippen molar-refractivity contribution in [3.8, 4) is 0 Å². The van der Waals surface area contributed by atoms with Crippen molar-refractivity contribution in [2.24, 2.45) is 0 Å². The number of pyridine rings is 1. The monoisotopic (exact) mass is 267 g/mol. The maximum atomic E-state index is 11.4. The Hall–Kier alpha value is -2.64. The van der Waals surface area contributed by atoms with Crippen LogP contribution in [-0.4, -0.2) is 39.2 Å². The number of carboxylic acids is 2. The first-order valence-corrected chi connectivity index (χ1v) is 5.38. The summed E-state index contributed by atoms with van der Waals surface area (Å²) in [7, 11) is 0. The second-order valence-electron chi connectivity index (χ2n) is 3.64. The number of nitrogens with one attached hydrogen (secondary N) is 2. The first-order valence-electron chi connectivity index (χ1n) is 5.38. The third kappa shape index (κ3) is 5.48. The van der Waals surface area contributed by atoms with Gasteiger partial charge < -0.3 is 20.8 Å². The summed E-state index contributed by atoms with van der Waals surface area (Å²) in [6.07, 6.45) is 0.867. The molecule has 0 spiro atoms. The highest BCUT2D eigenvalue weighted by Gasteiger charge is 2.22. The van der Waals surface area contributed by atoms with E-state index in [0.29, 0.717) is 5.69 Å². The normalized spacial score (nSPS) is 11.4. The fraction of sp³-hybridized carbons (Fsp3) is 0.273. The third-order valence-electron chi connectivity index (χ3n) is 2.14. The number of carboxylic acid groups (broad SMARTS) is 2. The van der Waals surface area contributed by atoms with Crippen LogP contribution in [0.25, 0.3) is 0 Å². The second-order valence-corrected chi connectivity index (χ2v) is 3.64. The van der Waals surface area contributed by atoms with Crippen LogP contribution in [0.5, 0.6) is 0 Å². The van der Waals surface area contributed by atoms with Crippen molar-refractivity contribution >= 4 is 18.0 Å². The molecule has 0 saturated carbocycles. The maximum Gasteiger partial charge on any atom is 0.326 e. The average molecular weight is 267 g/mol. The van der Waals surface area contributed by atoms with Gasteiger partial charge in [-0.3, -0.25) is 9.78 Å². The number of carbonyl (C=O) groups excluding carboxylic acids is 1. The molecule has 8 heteroatoms. The number of urea groups is 1. The molecular weight excluding hydrogens is 254 g/mol. The van der Waals surface area contributed by atoms with E-state index in [2.05, 4.69) is 15.6 Å². The summed E-state index contributed by atoms with van der Waals surface area (Å²) >= 11 is 0. The minimum absolute atomic E-state index is 0.117. The van der Waals surface area contributed by atoms with E-state index in [-0.39, 0.29) is 6.54 Å². The predicted molar refractivity (Wildman–Crippen MR) is 63.3 cm³/mol. The number of rotatable bonds is 6.